The molecule has 0 unspecified atom stereocenters. The van der Waals surface area contributed by atoms with Crippen LogP contribution in [0.25, 0.3) is 0 Å². The van der Waals surface area contributed by atoms with Crippen LogP contribution in [-0.2, 0) is 4.79 Å². The fraction of sp³-hybridized carbons (Fsp3) is 0.500. The summed E-state index contributed by atoms with van der Waals surface area (Å²) in [6.45, 7) is 2.91. The van der Waals surface area contributed by atoms with Crippen molar-refractivity contribution in [2.45, 2.75) is 19.8 Å². The quantitative estimate of drug-likeness (QED) is 0.445. The van der Waals surface area contributed by atoms with Crippen LogP contribution >= 0.6 is 45.2 Å². The number of aliphatic hydroxyl groups is 1. The highest BCUT2D eigenvalue weighted by atomic mass is 127. The highest BCUT2D eigenvalue weighted by molar-refractivity contribution is 14.1. The molecule has 0 fully saturated rings. The van der Waals surface area contributed by atoms with Crippen molar-refractivity contribution in [3.8, 4) is 0 Å². The van der Waals surface area contributed by atoms with Gasteiger partial charge in [0, 0.05) is 51.6 Å². The van der Waals surface area contributed by atoms with E-state index >= 15 is 0 Å². The van der Waals surface area contributed by atoms with Crippen LogP contribution in [0.1, 0.15) is 19.8 Å². The summed E-state index contributed by atoms with van der Waals surface area (Å²) in [5, 5.41) is 9.36. The fourth-order valence-electron chi connectivity index (χ4n) is 1.04. The van der Waals surface area contributed by atoms with Crippen molar-refractivity contribution < 1.29 is 14.5 Å². The Bertz CT molecular complexity index is 307. The summed E-state index contributed by atoms with van der Waals surface area (Å²) in [4.78, 5) is 11.3. The molecular weight excluding hydrogens is 396 g/mol. The molecule has 1 heterocycles. The zero-order chi connectivity index (χ0) is 10.0. The zero-order valence-corrected chi connectivity index (χ0v) is 11.5. The van der Waals surface area contributed by atoms with E-state index in [1.54, 1.807) is 0 Å². The second-order valence-corrected chi connectivity index (χ2v) is 4.81. The first kappa shape index (κ1) is 11.4. The molecule has 1 rings (SSSR count). The van der Waals surface area contributed by atoms with Crippen molar-refractivity contribution in [2.24, 2.45) is 0 Å². The third-order valence-electron chi connectivity index (χ3n) is 1.81. The smallest absolute Gasteiger partial charge is 0.304 e. The third-order valence-corrected chi connectivity index (χ3v) is 3.97. The molecule has 0 amide bonds. The highest BCUT2D eigenvalue weighted by Gasteiger charge is 2.37. The molecule has 0 spiro atoms. The molecule has 0 bridgehead atoms. The van der Waals surface area contributed by atoms with Gasteiger partial charge in [0.15, 0.2) is 6.54 Å². The Kier molecular flexibility index (Phi) is 4.14. The Hall–Kier alpha value is 0.340. The zero-order valence-electron chi connectivity index (χ0n) is 7.18. The van der Waals surface area contributed by atoms with Gasteiger partial charge in [0.25, 0.3) is 13.2 Å². The van der Waals surface area contributed by atoms with E-state index in [9.17, 15) is 9.90 Å². The van der Waals surface area contributed by atoms with Crippen molar-refractivity contribution in [1.29, 1.82) is 0 Å². The van der Waals surface area contributed by atoms with Crippen LogP contribution in [0.15, 0.2) is 9.46 Å². The number of Topliss-reactive ketones (excluding diaryl/α,β-unsaturated/α-hetero) is 1. The van der Waals surface area contributed by atoms with Gasteiger partial charge in [-0.3, -0.25) is 4.79 Å². The number of halogens is 2. The molecule has 0 aromatic heterocycles. The maximum Gasteiger partial charge on any atom is 0.304 e. The number of ketones is 1. The number of rotatable bonds is 3. The first-order valence-electron chi connectivity index (χ1n) is 4.03. The average molecular weight is 406 g/mol. The number of aliphatic hydroxyl groups excluding tert-OH is 1. The molecule has 1 N–H and O–H groups in total. The Morgan fingerprint density at radius 3 is 2.46 bits per heavy atom. The SMILES string of the molecule is CCCC[N+]1=C(I)C(=O)C(O)=C1I. The largest absolute Gasteiger partial charge is 0.499 e. The van der Waals surface area contributed by atoms with Gasteiger partial charge in [-0.1, -0.05) is 13.3 Å². The summed E-state index contributed by atoms with van der Waals surface area (Å²) in [6.07, 6.45) is 2.11. The van der Waals surface area contributed by atoms with Gasteiger partial charge in [-0.15, -0.1) is 0 Å². The van der Waals surface area contributed by atoms with E-state index in [2.05, 4.69) is 6.92 Å². The van der Waals surface area contributed by atoms with E-state index in [1.807, 2.05) is 49.8 Å². The van der Waals surface area contributed by atoms with Gasteiger partial charge in [0.05, 0.1) is 0 Å². The molecule has 0 atom stereocenters. The standard InChI is InChI=1S/C8H9I2NO2/c1-2-3-4-11-7(9)5(12)6(13)8(11)10/h2-4H2,1H3/p+1. The van der Waals surface area contributed by atoms with Crippen LogP contribution < -0.4 is 0 Å². The number of hydrogen-bond acceptors (Lipinski definition) is 2. The lowest BCUT2D eigenvalue weighted by Crippen LogP contribution is -2.15. The van der Waals surface area contributed by atoms with Gasteiger partial charge < -0.3 is 5.11 Å². The van der Waals surface area contributed by atoms with Crippen LogP contribution in [0.3, 0.4) is 0 Å². The molecule has 1 aliphatic rings. The molecule has 72 valence electrons. The van der Waals surface area contributed by atoms with Crippen molar-refractivity contribution in [1.82, 2.24) is 0 Å². The summed E-state index contributed by atoms with van der Waals surface area (Å²) in [5.41, 5.74) is 0. The van der Waals surface area contributed by atoms with Gasteiger partial charge in [-0.05, 0) is 0 Å². The van der Waals surface area contributed by atoms with E-state index in [-0.39, 0.29) is 11.5 Å². The van der Waals surface area contributed by atoms with Crippen molar-refractivity contribution in [2.75, 3.05) is 6.54 Å². The van der Waals surface area contributed by atoms with Crippen LogP contribution in [0.2, 0.25) is 0 Å². The minimum Gasteiger partial charge on any atom is -0.499 e. The summed E-state index contributed by atoms with van der Waals surface area (Å²) in [7, 11) is 0. The molecule has 0 aromatic rings. The van der Waals surface area contributed by atoms with Gasteiger partial charge in [-0.25, -0.2) is 0 Å². The van der Waals surface area contributed by atoms with Gasteiger partial charge >= 0.3 is 5.78 Å². The molecule has 0 saturated heterocycles. The van der Waals surface area contributed by atoms with E-state index < -0.39 is 0 Å². The topological polar surface area (TPSA) is 40.3 Å². The van der Waals surface area contributed by atoms with Crippen LogP contribution in [0.4, 0.5) is 0 Å². The van der Waals surface area contributed by atoms with Gasteiger partial charge in [0.1, 0.15) is 0 Å². The summed E-state index contributed by atoms with van der Waals surface area (Å²) in [6, 6.07) is 0. The van der Waals surface area contributed by atoms with Crippen molar-refractivity contribution >= 4 is 54.7 Å². The van der Waals surface area contributed by atoms with Crippen LogP contribution in [-0.4, -0.2) is 25.7 Å². The lowest BCUT2D eigenvalue weighted by molar-refractivity contribution is -0.455. The highest BCUT2D eigenvalue weighted by Crippen LogP contribution is 2.23. The number of nitrogens with zero attached hydrogens (tertiary/aromatic N) is 1. The summed E-state index contributed by atoms with van der Waals surface area (Å²) < 4.78 is 3.12. The van der Waals surface area contributed by atoms with Crippen LogP contribution in [0, 0.1) is 0 Å². The second-order valence-electron chi connectivity index (χ2n) is 2.76. The molecular formula is C8H10I2NO2+. The lowest BCUT2D eigenvalue weighted by Gasteiger charge is -1.95. The molecule has 0 aromatic carbocycles. The monoisotopic (exact) mass is 406 g/mol. The fourth-order valence-corrected chi connectivity index (χ4v) is 2.97. The first-order chi connectivity index (χ1) is 6.09. The first-order valence-corrected chi connectivity index (χ1v) is 6.18. The Morgan fingerprint density at radius 1 is 1.46 bits per heavy atom. The molecule has 5 heteroatoms. The predicted octanol–water partition coefficient (Wildman–Crippen LogP) is 2.38. The normalized spacial score (nSPS) is 17.6. The maximum absolute atomic E-state index is 11.3. The lowest BCUT2D eigenvalue weighted by atomic mass is 10.3. The summed E-state index contributed by atoms with van der Waals surface area (Å²) >= 11 is 3.98. The number of carbonyl (C=O) groups is 1. The van der Waals surface area contributed by atoms with Gasteiger partial charge in [0.2, 0.25) is 0 Å². The third kappa shape index (κ3) is 2.23. The Labute approximate surface area is 104 Å². The van der Waals surface area contributed by atoms with E-state index in [1.165, 1.54) is 0 Å². The minimum absolute atomic E-state index is 0.110. The number of unbranched alkanes of at least 4 members (excludes halogenated alkanes) is 1. The van der Waals surface area contributed by atoms with Gasteiger partial charge in [-0.2, -0.15) is 4.58 Å². The molecule has 0 aliphatic carbocycles. The van der Waals surface area contributed by atoms with Crippen LogP contribution in [0.5, 0.6) is 0 Å². The number of allylic oxidation sites excluding steroid dienone is 1. The van der Waals surface area contributed by atoms with Crippen molar-refractivity contribution in [3.05, 3.63) is 9.46 Å². The van der Waals surface area contributed by atoms with E-state index in [0.29, 0.717) is 7.42 Å². The second kappa shape index (κ2) is 4.72. The Balaban J connectivity index is 2.88. The molecule has 0 saturated carbocycles. The molecule has 3 nitrogen and oxygen atoms in total. The Morgan fingerprint density at radius 2 is 2.08 bits per heavy atom. The van der Waals surface area contributed by atoms with E-state index in [0.717, 1.165) is 19.4 Å². The average Bonchev–Trinajstić information content (AvgIpc) is 2.30. The summed E-state index contributed by atoms with van der Waals surface area (Å²) in [5.74, 6) is -0.359. The van der Waals surface area contributed by atoms with E-state index in [4.69, 9.17) is 0 Å². The van der Waals surface area contributed by atoms with Crippen molar-refractivity contribution in [3.63, 3.8) is 0 Å². The minimum atomic E-state index is -0.249. The molecule has 13 heavy (non-hydrogen) atoms. The molecule has 1 aliphatic heterocycles. The number of carbonyl (C=O) groups excluding carboxylic acids is 1. The number of hydrogen-bond donors (Lipinski definition) is 1. The predicted molar refractivity (Wildman–Crippen MR) is 67.7 cm³/mol. The molecule has 0 radical (unpaired) electrons. The maximum atomic E-state index is 11.3.